The molecule has 43 heavy (non-hydrogen) atoms. The van der Waals surface area contributed by atoms with Gasteiger partial charge in [0.15, 0.2) is 16.9 Å². The third kappa shape index (κ3) is 5.85. The molecule has 0 amide bonds. The van der Waals surface area contributed by atoms with Gasteiger partial charge in [0, 0.05) is 23.8 Å². The van der Waals surface area contributed by atoms with Gasteiger partial charge in [-0.25, -0.2) is 0 Å². The molecule has 10 atom stereocenters. The van der Waals surface area contributed by atoms with Gasteiger partial charge in [0.05, 0.1) is 13.2 Å². The SMILES string of the molecule is O=c1cc(-c2ccc(O[C@@H]3O[C@H](CO)[C@@H](O)[C@H](O)[C@H]3O)c(O)c2)oc2cc(O[C@@H]3O[C@@H](CO)[C@H](O)[C@@H](O)[C@H]3O)cc(O)c12. The van der Waals surface area contributed by atoms with Gasteiger partial charge in [-0.05, 0) is 18.2 Å². The Balaban J connectivity index is 1.41. The van der Waals surface area contributed by atoms with Crippen LogP contribution in [0.3, 0.4) is 0 Å². The first-order chi connectivity index (χ1) is 20.4. The highest BCUT2D eigenvalue weighted by Gasteiger charge is 2.46. The summed E-state index contributed by atoms with van der Waals surface area (Å²) in [5.41, 5.74) is -0.685. The molecule has 0 aliphatic carbocycles. The molecule has 2 aliphatic heterocycles. The lowest BCUT2D eigenvalue weighted by Gasteiger charge is -2.39. The number of aliphatic hydroxyl groups excluding tert-OH is 8. The number of fused-ring (bicyclic) bond motifs is 1. The van der Waals surface area contributed by atoms with Crippen LogP contribution in [0.2, 0.25) is 0 Å². The first-order valence-electron chi connectivity index (χ1n) is 13.0. The molecule has 3 heterocycles. The molecular formula is C27H30O16. The smallest absolute Gasteiger partial charge is 0.229 e. The van der Waals surface area contributed by atoms with Crippen LogP contribution in [0.1, 0.15) is 0 Å². The maximum absolute atomic E-state index is 12.9. The second-order valence-corrected chi connectivity index (χ2v) is 10.1. The van der Waals surface area contributed by atoms with Gasteiger partial charge in [-0.3, -0.25) is 4.79 Å². The minimum absolute atomic E-state index is 0.0726. The number of phenolic OH excluding ortho intramolecular Hbond substituents is 2. The molecule has 5 rings (SSSR count). The topological polar surface area (TPSA) is 269 Å². The average molecular weight is 611 g/mol. The van der Waals surface area contributed by atoms with Crippen LogP contribution in [0.5, 0.6) is 23.0 Å². The molecule has 2 aromatic carbocycles. The lowest BCUT2D eigenvalue weighted by atomic mass is 9.99. The summed E-state index contributed by atoms with van der Waals surface area (Å²) in [5.74, 6) is -1.51. The minimum Gasteiger partial charge on any atom is -0.507 e. The van der Waals surface area contributed by atoms with E-state index < -0.39 is 91.6 Å². The number of rotatable bonds is 7. The molecule has 16 heteroatoms. The molecule has 1 aromatic heterocycles. The molecule has 3 aromatic rings. The molecular weight excluding hydrogens is 580 g/mol. The van der Waals surface area contributed by atoms with Crippen molar-refractivity contribution in [3.63, 3.8) is 0 Å². The fraction of sp³-hybridized carbons (Fsp3) is 0.444. The van der Waals surface area contributed by atoms with Crippen molar-refractivity contribution in [2.24, 2.45) is 0 Å². The Hall–Kier alpha value is -3.55. The lowest BCUT2D eigenvalue weighted by molar-refractivity contribution is -0.277. The zero-order chi connectivity index (χ0) is 31.2. The van der Waals surface area contributed by atoms with Crippen LogP contribution in [-0.4, -0.2) is 126 Å². The van der Waals surface area contributed by atoms with Crippen molar-refractivity contribution in [2.45, 2.75) is 61.4 Å². The molecule has 0 unspecified atom stereocenters. The van der Waals surface area contributed by atoms with Crippen LogP contribution in [0.15, 0.2) is 45.6 Å². The van der Waals surface area contributed by atoms with Gasteiger partial charge < -0.3 is 74.4 Å². The van der Waals surface area contributed by atoms with Gasteiger partial charge in [0.1, 0.15) is 77.1 Å². The molecule has 10 N–H and O–H groups in total. The Labute approximate surface area is 241 Å². The van der Waals surface area contributed by atoms with E-state index in [0.717, 1.165) is 18.2 Å². The van der Waals surface area contributed by atoms with Crippen molar-refractivity contribution >= 4 is 11.0 Å². The predicted octanol–water partition coefficient (Wildman–Crippen LogP) is -2.77. The molecule has 16 nitrogen and oxygen atoms in total. The average Bonchev–Trinajstić information content (AvgIpc) is 2.98. The van der Waals surface area contributed by atoms with E-state index in [0.29, 0.717) is 0 Å². The standard InChI is InChI=1S/C27H30O16/c28-7-17-20(33)22(35)24(37)26(42-17)39-10-4-12(31)19-13(32)6-15(40-16(19)5-10)9-1-2-14(11(30)3-9)41-27-25(38)23(36)21(34)18(8-29)43-27/h1-6,17-18,20-31,33-38H,7-8H2/t17-,18+,20-,21+,22+,23-,24+,25+,26+,27+/m0/s1. The predicted molar refractivity (Wildman–Crippen MR) is 140 cm³/mol. The van der Waals surface area contributed by atoms with E-state index in [2.05, 4.69) is 0 Å². The van der Waals surface area contributed by atoms with Crippen molar-refractivity contribution < 1.29 is 74.4 Å². The molecule has 2 aliphatic rings. The summed E-state index contributed by atoms with van der Waals surface area (Å²) in [6.07, 6.45) is -15.7. The van der Waals surface area contributed by atoms with Crippen LogP contribution >= 0.6 is 0 Å². The second kappa shape index (κ2) is 12.2. The van der Waals surface area contributed by atoms with E-state index in [9.17, 15) is 55.9 Å². The third-order valence-electron chi connectivity index (χ3n) is 7.22. The van der Waals surface area contributed by atoms with Crippen molar-refractivity contribution in [3.05, 3.63) is 46.6 Å². The quantitative estimate of drug-likeness (QED) is 0.130. The molecule has 0 bridgehead atoms. The van der Waals surface area contributed by atoms with Gasteiger partial charge in [0.2, 0.25) is 12.6 Å². The summed E-state index contributed by atoms with van der Waals surface area (Å²) in [5, 5.41) is 99.9. The van der Waals surface area contributed by atoms with Crippen LogP contribution < -0.4 is 14.9 Å². The van der Waals surface area contributed by atoms with Gasteiger partial charge in [-0.1, -0.05) is 0 Å². The maximum Gasteiger partial charge on any atom is 0.229 e. The summed E-state index contributed by atoms with van der Waals surface area (Å²) in [6.45, 7) is -1.37. The summed E-state index contributed by atoms with van der Waals surface area (Å²) < 4.78 is 27.3. The van der Waals surface area contributed by atoms with Gasteiger partial charge in [0.25, 0.3) is 0 Å². The maximum atomic E-state index is 12.9. The Kier molecular flexibility index (Phi) is 8.77. The third-order valence-corrected chi connectivity index (χ3v) is 7.22. The first kappa shape index (κ1) is 30.9. The highest BCUT2D eigenvalue weighted by molar-refractivity contribution is 5.86. The minimum atomic E-state index is -1.74. The van der Waals surface area contributed by atoms with E-state index in [4.69, 9.17) is 23.4 Å². The molecule has 2 fully saturated rings. The molecule has 234 valence electrons. The number of hydrogen-bond acceptors (Lipinski definition) is 16. The van der Waals surface area contributed by atoms with Gasteiger partial charge in [-0.2, -0.15) is 0 Å². The Morgan fingerprint density at radius 1 is 0.674 bits per heavy atom. The first-order valence-corrected chi connectivity index (χ1v) is 13.0. The summed E-state index contributed by atoms with van der Waals surface area (Å²) >= 11 is 0. The van der Waals surface area contributed by atoms with E-state index in [-0.39, 0.29) is 33.8 Å². The van der Waals surface area contributed by atoms with Crippen LogP contribution in [-0.2, 0) is 9.47 Å². The highest BCUT2D eigenvalue weighted by Crippen LogP contribution is 2.37. The highest BCUT2D eigenvalue weighted by atomic mass is 16.7. The lowest BCUT2D eigenvalue weighted by Crippen LogP contribution is -2.60. The fourth-order valence-electron chi connectivity index (χ4n) is 4.81. The molecule has 0 radical (unpaired) electrons. The van der Waals surface area contributed by atoms with Gasteiger partial charge >= 0.3 is 0 Å². The monoisotopic (exact) mass is 610 g/mol. The van der Waals surface area contributed by atoms with Crippen molar-refractivity contribution in [2.75, 3.05) is 13.2 Å². The largest absolute Gasteiger partial charge is 0.507 e. The van der Waals surface area contributed by atoms with Gasteiger partial charge in [-0.15, -0.1) is 0 Å². The fourth-order valence-corrected chi connectivity index (χ4v) is 4.81. The Bertz CT molecular complexity index is 1500. The molecule has 2 saturated heterocycles. The second-order valence-electron chi connectivity index (χ2n) is 10.1. The van der Waals surface area contributed by atoms with Crippen LogP contribution in [0, 0.1) is 0 Å². The van der Waals surface area contributed by atoms with Crippen molar-refractivity contribution in [3.8, 4) is 34.3 Å². The van der Waals surface area contributed by atoms with Crippen LogP contribution in [0.4, 0.5) is 0 Å². The number of ether oxygens (including phenoxy) is 4. The van der Waals surface area contributed by atoms with E-state index in [1.165, 1.54) is 18.2 Å². The number of benzene rings is 2. The normalized spacial score (nSPS) is 32.9. The van der Waals surface area contributed by atoms with Crippen LogP contribution in [0.25, 0.3) is 22.3 Å². The Morgan fingerprint density at radius 2 is 1.26 bits per heavy atom. The zero-order valence-electron chi connectivity index (χ0n) is 22.1. The number of phenols is 2. The molecule has 0 spiro atoms. The Morgan fingerprint density at radius 3 is 1.81 bits per heavy atom. The summed E-state index contributed by atoms with van der Waals surface area (Å²) in [4.78, 5) is 12.9. The zero-order valence-corrected chi connectivity index (χ0v) is 22.1. The summed E-state index contributed by atoms with van der Waals surface area (Å²) in [7, 11) is 0. The number of aliphatic hydroxyl groups is 8. The van der Waals surface area contributed by atoms with E-state index in [1.807, 2.05) is 0 Å². The van der Waals surface area contributed by atoms with E-state index >= 15 is 0 Å². The van der Waals surface area contributed by atoms with Crippen molar-refractivity contribution in [1.82, 2.24) is 0 Å². The number of hydrogen-bond donors (Lipinski definition) is 10. The number of aromatic hydroxyl groups is 2. The molecule has 0 saturated carbocycles. The van der Waals surface area contributed by atoms with Crippen molar-refractivity contribution in [1.29, 1.82) is 0 Å². The van der Waals surface area contributed by atoms with E-state index in [1.54, 1.807) is 0 Å². The summed E-state index contributed by atoms with van der Waals surface area (Å²) in [6, 6.07) is 7.05.